The molecule has 0 saturated heterocycles. The van der Waals surface area contributed by atoms with Crippen molar-refractivity contribution in [2.75, 3.05) is 39.9 Å². The van der Waals surface area contributed by atoms with Crippen LogP contribution in [-0.4, -0.2) is 56.7 Å². The number of carbonyl (C=O) groups excluding carboxylic acids is 1. The van der Waals surface area contributed by atoms with Crippen molar-refractivity contribution in [1.82, 2.24) is 20.9 Å². The zero-order chi connectivity index (χ0) is 17.2. The summed E-state index contributed by atoms with van der Waals surface area (Å²) in [5.74, 6) is 1.48. The molecule has 1 aliphatic rings. The first-order chi connectivity index (χ1) is 11.7. The molecule has 7 nitrogen and oxygen atoms in total. The number of aliphatic imine (C=N–C) groups is 1. The highest BCUT2D eigenvalue weighted by atomic mass is 127. The lowest BCUT2D eigenvalue weighted by Gasteiger charge is -2.12. The van der Waals surface area contributed by atoms with Gasteiger partial charge in [-0.15, -0.1) is 35.3 Å². The Morgan fingerprint density at radius 2 is 2.04 bits per heavy atom. The lowest BCUT2D eigenvalue weighted by molar-refractivity contribution is 0.0957. The molecule has 0 aliphatic heterocycles. The Morgan fingerprint density at radius 1 is 1.32 bits per heavy atom. The maximum Gasteiger partial charge on any atom is 0.263 e. The molecule has 3 N–H and O–H groups in total. The summed E-state index contributed by atoms with van der Waals surface area (Å²) in [6.07, 6.45) is 3.61. The minimum Gasteiger partial charge on any atom is -0.381 e. The van der Waals surface area contributed by atoms with Gasteiger partial charge in [0.25, 0.3) is 5.91 Å². The number of amides is 1. The standard InChI is InChI=1S/C16H27N5O2S.HI/c1-12-14(24-11-21-12)15(22)18-7-8-20-16(17-2)19-6-3-9-23-10-13-4-5-13;/h11,13H,3-10H2,1-2H3,(H,18,22)(H2,17,19,20);1H. The summed E-state index contributed by atoms with van der Waals surface area (Å²) in [4.78, 5) is 20.8. The van der Waals surface area contributed by atoms with Gasteiger partial charge in [-0.2, -0.15) is 0 Å². The molecule has 1 saturated carbocycles. The van der Waals surface area contributed by atoms with Gasteiger partial charge < -0.3 is 20.7 Å². The first-order valence-corrected chi connectivity index (χ1v) is 9.29. The van der Waals surface area contributed by atoms with Crippen LogP contribution in [0.5, 0.6) is 0 Å². The normalized spacial score (nSPS) is 13.9. The van der Waals surface area contributed by atoms with E-state index in [9.17, 15) is 4.79 Å². The highest BCUT2D eigenvalue weighted by Crippen LogP contribution is 2.28. The van der Waals surface area contributed by atoms with Crippen LogP contribution in [0.3, 0.4) is 0 Å². The van der Waals surface area contributed by atoms with Gasteiger partial charge in [0.1, 0.15) is 4.88 Å². The summed E-state index contributed by atoms with van der Waals surface area (Å²) in [5.41, 5.74) is 2.45. The monoisotopic (exact) mass is 481 g/mol. The van der Waals surface area contributed by atoms with Crippen molar-refractivity contribution in [3.05, 3.63) is 16.1 Å². The second kappa shape index (κ2) is 12.4. The molecule has 1 aliphatic carbocycles. The third kappa shape index (κ3) is 8.82. The fourth-order valence-electron chi connectivity index (χ4n) is 2.09. The maximum atomic E-state index is 11.9. The fourth-order valence-corrected chi connectivity index (χ4v) is 2.81. The Labute approximate surface area is 170 Å². The minimum atomic E-state index is -0.0763. The molecule has 1 aromatic rings. The van der Waals surface area contributed by atoms with Crippen LogP contribution in [0, 0.1) is 12.8 Å². The van der Waals surface area contributed by atoms with Crippen LogP contribution in [0.4, 0.5) is 0 Å². The van der Waals surface area contributed by atoms with Crippen molar-refractivity contribution >= 4 is 47.2 Å². The molecule has 0 bridgehead atoms. The van der Waals surface area contributed by atoms with Crippen LogP contribution < -0.4 is 16.0 Å². The molecule has 0 aromatic carbocycles. The number of guanidine groups is 1. The van der Waals surface area contributed by atoms with Crippen LogP contribution in [0.2, 0.25) is 0 Å². The van der Waals surface area contributed by atoms with Crippen molar-refractivity contribution in [3.63, 3.8) is 0 Å². The number of nitrogens with zero attached hydrogens (tertiary/aromatic N) is 2. The molecule has 25 heavy (non-hydrogen) atoms. The number of ether oxygens (including phenoxy) is 1. The van der Waals surface area contributed by atoms with Crippen molar-refractivity contribution in [2.24, 2.45) is 10.9 Å². The highest BCUT2D eigenvalue weighted by molar-refractivity contribution is 14.0. The van der Waals surface area contributed by atoms with Gasteiger partial charge in [0.2, 0.25) is 0 Å². The molecule has 142 valence electrons. The topological polar surface area (TPSA) is 87.6 Å². The van der Waals surface area contributed by atoms with Crippen LogP contribution >= 0.6 is 35.3 Å². The summed E-state index contributed by atoms with van der Waals surface area (Å²) < 4.78 is 5.59. The number of hydrogen-bond donors (Lipinski definition) is 3. The van der Waals surface area contributed by atoms with Gasteiger partial charge >= 0.3 is 0 Å². The quantitative estimate of drug-likeness (QED) is 0.205. The number of aryl methyl sites for hydroxylation is 1. The second-order valence-corrected chi connectivity index (χ2v) is 6.68. The van der Waals surface area contributed by atoms with E-state index < -0.39 is 0 Å². The second-order valence-electron chi connectivity index (χ2n) is 5.82. The lowest BCUT2D eigenvalue weighted by atomic mass is 10.4. The van der Waals surface area contributed by atoms with Gasteiger partial charge in [0.15, 0.2) is 5.96 Å². The predicted molar refractivity (Wildman–Crippen MR) is 112 cm³/mol. The van der Waals surface area contributed by atoms with Gasteiger partial charge in [-0.05, 0) is 32.1 Å². The van der Waals surface area contributed by atoms with E-state index in [1.807, 2.05) is 6.92 Å². The number of thiazole rings is 1. The Morgan fingerprint density at radius 3 is 2.68 bits per heavy atom. The van der Waals surface area contributed by atoms with Crippen LogP contribution in [0.15, 0.2) is 10.5 Å². The number of hydrogen-bond acceptors (Lipinski definition) is 5. The molecule has 1 fully saturated rings. The first-order valence-electron chi connectivity index (χ1n) is 8.41. The summed E-state index contributed by atoms with van der Waals surface area (Å²) in [5, 5.41) is 9.28. The van der Waals surface area contributed by atoms with Crippen molar-refractivity contribution in [1.29, 1.82) is 0 Å². The smallest absolute Gasteiger partial charge is 0.263 e. The van der Waals surface area contributed by atoms with E-state index in [1.54, 1.807) is 12.6 Å². The molecule has 2 rings (SSSR count). The number of nitrogens with one attached hydrogen (secondary N) is 3. The predicted octanol–water partition coefficient (Wildman–Crippen LogP) is 1.78. The maximum absolute atomic E-state index is 11.9. The molecule has 0 unspecified atom stereocenters. The number of aromatic nitrogens is 1. The third-order valence-corrected chi connectivity index (χ3v) is 4.61. The van der Waals surface area contributed by atoms with E-state index >= 15 is 0 Å². The Hall–Kier alpha value is -0.940. The highest BCUT2D eigenvalue weighted by Gasteiger charge is 2.20. The van der Waals surface area contributed by atoms with Crippen molar-refractivity contribution in [2.45, 2.75) is 26.2 Å². The van der Waals surface area contributed by atoms with Crippen LogP contribution in [0.1, 0.15) is 34.6 Å². The van der Waals surface area contributed by atoms with Gasteiger partial charge in [0.05, 0.1) is 11.2 Å². The third-order valence-electron chi connectivity index (χ3n) is 3.69. The lowest BCUT2D eigenvalue weighted by Crippen LogP contribution is -2.42. The van der Waals surface area contributed by atoms with E-state index in [0.717, 1.165) is 43.8 Å². The fraction of sp³-hybridized carbons (Fsp3) is 0.688. The molecule has 0 radical (unpaired) electrons. The van der Waals surface area contributed by atoms with E-state index in [-0.39, 0.29) is 29.9 Å². The molecule has 0 spiro atoms. The molecule has 1 aromatic heterocycles. The Balaban J connectivity index is 0.00000312. The SMILES string of the molecule is CN=C(NCCCOCC1CC1)NCCNC(=O)c1scnc1C.I. The molecule has 9 heteroatoms. The average molecular weight is 481 g/mol. The van der Waals surface area contributed by atoms with Gasteiger partial charge in [-0.1, -0.05) is 0 Å². The van der Waals surface area contributed by atoms with Crippen LogP contribution in [-0.2, 0) is 4.74 Å². The van der Waals surface area contributed by atoms with E-state index in [4.69, 9.17) is 4.74 Å². The van der Waals surface area contributed by atoms with E-state index in [0.29, 0.717) is 18.0 Å². The first kappa shape index (κ1) is 22.1. The molecular formula is C16H28IN5O2S. The van der Waals surface area contributed by atoms with Gasteiger partial charge in [-0.25, -0.2) is 4.98 Å². The number of halogens is 1. The molecule has 1 heterocycles. The molecule has 0 atom stereocenters. The van der Waals surface area contributed by atoms with Crippen molar-refractivity contribution < 1.29 is 9.53 Å². The van der Waals surface area contributed by atoms with Gasteiger partial charge in [0, 0.05) is 39.9 Å². The molecular weight excluding hydrogens is 453 g/mol. The molecule has 1 amide bonds. The van der Waals surface area contributed by atoms with Gasteiger partial charge in [-0.3, -0.25) is 9.79 Å². The van der Waals surface area contributed by atoms with E-state index in [2.05, 4.69) is 25.9 Å². The summed E-state index contributed by atoms with van der Waals surface area (Å²) in [6.45, 7) is 5.49. The average Bonchev–Trinajstić information content (AvgIpc) is 3.31. The summed E-state index contributed by atoms with van der Waals surface area (Å²) in [6, 6.07) is 0. The Kier molecular flexibility index (Phi) is 11.0. The zero-order valence-corrected chi connectivity index (χ0v) is 18.0. The number of rotatable bonds is 10. The largest absolute Gasteiger partial charge is 0.381 e. The summed E-state index contributed by atoms with van der Waals surface area (Å²) >= 11 is 1.36. The number of carbonyl (C=O) groups is 1. The Bertz CT molecular complexity index is 548. The zero-order valence-electron chi connectivity index (χ0n) is 14.8. The minimum absolute atomic E-state index is 0. The van der Waals surface area contributed by atoms with Crippen LogP contribution in [0.25, 0.3) is 0 Å². The summed E-state index contributed by atoms with van der Waals surface area (Å²) in [7, 11) is 1.73. The van der Waals surface area contributed by atoms with E-state index in [1.165, 1.54) is 24.2 Å². The van der Waals surface area contributed by atoms with Crippen molar-refractivity contribution in [3.8, 4) is 0 Å².